The molecule has 7 heteroatoms. The summed E-state index contributed by atoms with van der Waals surface area (Å²) in [6.07, 6.45) is 1.68. The first-order valence-electron chi connectivity index (χ1n) is 10.5. The molecule has 0 radical (unpaired) electrons. The van der Waals surface area contributed by atoms with Crippen molar-refractivity contribution in [2.75, 3.05) is 18.2 Å². The van der Waals surface area contributed by atoms with Crippen LogP contribution in [0, 0.1) is 5.82 Å². The Hall–Kier alpha value is -4.65. The van der Waals surface area contributed by atoms with Gasteiger partial charge in [0.2, 0.25) is 0 Å². The zero-order valence-electron chi connectivity index (χ0n) is 18.2. The molecule has 1 amide bonds. The van der Waals surface area contributed by atoms with Gasteiger partial charge < -0.3 is 20.5 Å². The number of ether oxygens (including phenoxy) is 2. The maximum atomic E-state index is 13.3. The molecule has 1 heterocycles. The molecular formula is C27H20FN3O3. The predicted molar refractivity (Wildman–Crippen MR) is 131 cm³/mol. The monoisotopic (exact) mass is 453 g/mol. The van der Waals surface area contributed by atoms with Gasteiger partial charge in [0.25, 0.3) is 5.91 Å². The van der Waals surface area contributed by atoms with Crippen molar-refractivity contribution in [2.24, 2.45) is 0 Å². The molecule has 4 aromatic carbocycles. The van der Waals surface area contributed by atoms with Crippen molar-refractivity contribution in [1.29, 1.82) is 0 Å². The third-order valence-corrected chi connectivity index (χ3v) is 5.50. The Bertz CT molecular complexity index is 1550. The lowest BCUT2D eigenvalue weighted by Crippen LogP contribution is -2.13. The van der Waals surface area contributed by atoms with Crippen molar-refractivity contribution in [1.82, 2.24) is 4.98 Å². The van der Waals surface area contributed by atoms with Crippen LogP contribution in [0.5, 0.6) is 17.2 Å². The summed E-state index contributed by atoms with van der Waals surface area (Å²) in [5, 5.41) is 5.18. The predicted octanol–water partition coefficient (Wildman–Crippen LogP) is 6.16. The summed E-state index contributed by atoms with van der Waals surface area (Å²) in [5.41, 5.74) is 7.56. The number of nitrogens with two attached hydrogens (primary N) is 1. The lowest BCUT2D eigenvalue weighted by Gasteiger charge is -2.12. The molecule has 0 aliphatic rings. The Kier molecular flexibility index (Phi) is 5.43. The Morgan fingerprint density at radius 2 is 1.76 bits per heavy atom. The Labute approximate surface area is 194 Å². The van der Waals surface area contributed by atoms with Crippen LogP contribution in [-0.4, -0.2) is 18.0 Å². The van der Waals surface area contributed by atoms with E-state index >= 15 is 0 Å². The zero-order chi connectivity index (χ0) is 23.7. The number of hydrogen-bond donors (Lipinski definition) is 2. The van der Waals surface area contributed by atoms with Gasteiger partial charge in [0.1, 0.15) is 23.1 Å². The number of benzene rings is 4. The number of anilines is 2. The summed E-state index contributed by atoms with van der Waals surface area (Å²) in [4.78, 5) is 17.3. The van der Waals surface area contributed by atoms with Crippen LogP contribution in [0.25, 0.3) is 21.7 Å². The summed E-state index contributed by atoms with van der Waals surface area (Å²) in [5.74, 6) is 1.20. The van der Waals surface area contributed by atoms with Crippen LogP contribution in [0.4, 0.5) is 15.8 Å². The number of halogens is 1. The third kappa shape index (κ3) is 4.06. The maximum Gasteiger partial charge on any atom is 0.256 e. The molecule has 3 N–H and O–H groups in total. The van der Waals surface area contributed by atoms with E-state index in [2.05, 4.69) is 10.3 Å². The number of amides is 1. The van der Waals surface area contributed by atoms with E-state index in [-0.39, 0.29) is 11.6 Å². The molecule has 0 bridgehead atoms. The van der Waals surface area contributed by atoms with Gasteiger partial charge in [-0.2, -0.15) is 0 Å². The number of pyridine rings is 1. The lowest BCUT2D eigenvalue weighted by atomic mass is 10.0. The Morgan fingerprint density at radius 1 is 0.941 bits per heavy atom. The topological polar surface area (TPSA) is 86.5 Å². The quantitative estimate of drug-likeness (QED) is 0.311. The van der Waals surface area contributed by atoms with E-state index in [4.69, 9.17) is 15.2 Å². The number of nitrogen functional groups attached to an aromatic ring is 1. The molecule has 0 aliphatic heterocycles. The van der Waals surface area contributed by atoms with Gasteiger partial charge in [0, 0.05) is 23.2 Å². The van der Waals surface area contributed by atoms with Gasteiger partial charge in [0.05, 0.1) is 24.0 Å². The van der Waals surface area contributed by atoms with Crippen LogP contribution in [0.2, 0.25) is 0 Å². The van der Waals surface area contributed by atoms with E-state index in [9.17, 15) is 9.18 Å². The molecule has 5 aromatic rings. The number of carbonyl (C=O) groups is 1. The number of fused-ring (bicyclic) bond motifs is 2. The molecule has 6 nitrogen and oxygen atoms in total. The molecule has 0 saturated carbocycles. The summed E-state index contributed by atoms with van der Waals surface area (Å²) < 4.78 is 24.8. The van der Waals surface area contributed by atoms with Gasteiger partial charge in [-0.1, -0.05) is 12.1 Å². The third-order valence-electron chi connectivity index (χ3n) is 5.50. The van der Waals surface area contributed by atoms with Crippen LogP contribution in [-0.2, 0) is 0 Å². The summed E-state index contributed by atoms with van der Waals surface area (Å²) in [7, 11) is 1.61. The molecule has 34 heavy (non-hydrogen) atoms. The van der Waals surface area contributed by atoms with E-state index in [1.807, 2.05) is 36.4 Å². The summed E-state index contributed by atoms with van der Waals surface area (Å²) in [6.45, 7) is 0. The van der Waals surface area contributed by atoms with Gasteiger partial charge in [-0.05, 0) is 71.4 Å². The van der Waals surface area contributed by atoms with Crippen LogP contribution >= 0.6 is 0 Å². The highest BCUT2D eigenvalue weighted by Gasteiger charge is 2.13. The van der Waals surface area contributed by atoms with E-state index in [0.717, 1.165) is 27.4 Å². The molecule has 0 unspecified atom stereocenters. The number of hydrogen-bond acceptors (Lipinski definition) is 5. The minimum atomic E-state index is -0.464. The van der Waals surface area contributed by atoms with E-state index in [0.29, 0.717) is 22.7 Å². The van der Waals surface area contributed by atoms with Crippen molar-refractivity contribution >= 4 is 39.0 Å². The van der Waals surface area contributed by atoms with Gasteiger partial charge in [0.15, 0.2) is 0 Å². The van der Waals surface area contributed by atoms with Crippen LogP contribution < -0.4 is 20.5 Å². The molecule has 5 rings (SSSR count). The molecule has 0 fully saturated rings. The minimum absolute atomic E-state index is 0.159. The first kappa shape index (κ1) is 21.2. The fraction of sp³-hybridized carbons (Fsp3) is 0.0370. The average Bonchev–Trinajstić information content (AvgIpc) is 2.85. The molecule has 0 aliphatic carbocycles. The van der Waals surface area contributed by atoms with Crippen LogP contribution in [0.1, 0.15) is 10.4 Å². The molecule has 0 atom stereocenters. The van der Waals surface area contributed by atoms with Crippen molar-refractivity contribution in [3.63, 3.8) is 0 Å². The molecular weight excluding hydrogens is 433 g/mol. The minimum Gasteiger partial charge on any atom is -0.497 e. The number of nitrogens with one attached hydrogen (secondary N) is 1. The standard InChI is InChI=1S/C27H20FN3O3/c1-33-18-6-9-22-25(15-18)30-12-11-26(22)34-19-7-8-20-16(13-19)3-2-4-21(20)27(32)31-24-10-5-17(28)14-23(24)29/h2-15H,29H2,1H3,(H,31,32). The first-order valence-corrected chi connectivity index (χ1v) is 10.5. The van der Waals surface area contributed by atoms with Gasteiger partial charge >= 0.3 is 0 Å². The number of methoxy groups -OCH3 is 1. The fourth-order valence-corrected chi connectivity index (χ4v) is 3.80. The van der Waals surface area contributed by atoms with Gasteiger partial charge in [-0.25, -0.2) is 4.39 Å². The largest absolute Gasteiger partial charge is 0.497 e. The van der Waals surface area contributed by atoms with Crippen LogP contribution in [0.3, 0.4) is 0 Å². The Balaban J connectivity index is 1.45. The second kappa shape index (κ2) is 8.71. The average molecular weight is 453 g/mol. The number of nitrogens with zero attached hydrogens (tertiary/aromatic N) is 1. The van der Waals surface area contributed by atoms with Crippen molar-refractivity contribution in [3.05, 3.63) is 96.4 Å². The van der Waals surface area contributed by atoms with Crippen molar-refractivity contribution < 1.29 is 18.7 Å². The summed E-state index contributed by atoms with van der Waals surface area (Å²) in [6, 6.07) is 22.2. The van der Waals surface area contributed by atoms with Gasteiger partial charge in [-0.15, -0.1) is 0 Å². The number of carbonyl (C=O) groups excluding carboxylic acids is 1. The second-order valence-electron chi connectivity index (χ2n) is 7.67. The number of aromatic nitrogens is 1. The molecule has 0 saturated heterocycles. The van der Waals surface area contributed by atoms with Crippen LogP contribution in [0.15, 0.2) is 85.1 Å². The fourth-order valence-electron chi connectivity index (χ4n) is 3.80. The highest BCUT2D eigenvalue weighted by molar-refractivity contribution is 6.13. The van der Waals surface area contributed by atoms with E-state index in [1.54, 1.807) is 37.6 Å². The molecule has 168 valence electrons. The summed E-state index contributed by atoms with van der Waals surface area (Å²) >= 11 is 0. The maximum absolute atomic E-state index is 13.3. The van der Waals surface area contributed by atoms with E-state index in [1.165, 1.54) is 18.2 Å². The zero-order valence-corrected chi connectivity index (χ0v) is 18.2. The van der Waals surface area contributed by atoms with Crippen molar-refractivity contribution in [3.8, 4) is 17.2 Å². The smallest absolute Gasteiger partial charge is 0.256 e. The van der Waals surface area contributed by atoms with Crippen molar-refractivity contribution in [2.45, 2.75) is 0 Å². The first-order chi connectivity index (χ1) is 16.5. The Morgan fingerprint density at radius 3 is 2.59 bits per heavy atom. The highest BCUT2D eigenvalue weighted by atomic mass is 19.1. The molecule has 0 spiro atoms. The lowest BCUT2D eigenvalue weighted by molar-refractivity contribution is 0.102. The molecule has 1 aromatic heterocycles. The SMILES string of the molecule is COc1ccc2c(Oc3ccc4c(C(=O)Nc5ccc(F)cc5N)cccc4c3)ccnc2c1. The van der Waals surface area contributed by atoms with Gasteiger partial charge in [-0.3, -0.25) is 9.78 Å². The van der Waals surface area contributed by atoms with E-state index < -0.39 is 5.82 Å². The highest BCUT2D eigenvalue weighted by Crippen LogP contribution is 2.33. The number of rotatable bonds is 5. The normalized spacial score (nSPS) is 10.9. The second-order valence-corrected chi connectivity index (χ2v) is 7.67.